The van der Waals surface area contributed by atoms with Crippen molar-refractivity contribution in [1.29, 1.82) is 0 Å². The van der Waals surface area contributed by atoms with Crippen LogP contribution in [-0.2, 0) is 6.42 Å². The first-order valence-corrected chi connectivity index (χ1v) is 7.37. The molecule has 18 heavy (non-hydrogen) atoms. The minimum atomic E-state index is -0.0816. The van der Waals surface area contributed by atoms with Gasteiger partial charge in [-0.05, 0) is 56.1 Å². The van der Waals surface area contributed by atoms with Gasteiger partial charge in [0.1, 0.15) is 0 Å². The van der Waals surface area contributed by atoms with Crippen molar-refractivity contribution in [2.24, 2.45) is 11.8 Å². The molecular weight excluding hydrogens is 222 g/mol. The van der Waals surface area contributed by atoms with Crippen LogP contribution in [0.3, 0.4) is 0 Å². The summed E-state index contributed by atoms with van der Waals surface area (Å²) in [5, 5.41) is 10.1. The molecule has 0 saturated heterocycles. The fourth-order valence-electron chi connectivity index (χ4n) is 3.21. The number of hydrogen-bond donors (Lipinski definition) is 1. The summed E-state index contributed by atoms with van der Waals surface area (Å²) in [5.41, 5.74) is 1.15. The van der Waals surface area contributed by atoms with Crippen LogP contribution in [0.25, 0.3) is 0 Å². The van der Waals surface area contributed by atoms with Crippen LogP contribution in [0.15, 0.2) is 24.4 Å². The number of aromatic nitrogens is 1. The van der Waals surface area contributed by atoms with Gasteiger partial charge in [-0.3, -0.25) is 4.98 Å². The Hall–Kier alpha value is -0.890. The SMILES string of the molecule is CCCC1CCC(O)C(CCc2ccccn2)C1. The molecule has 0 bridgehead atoms. The number of aliphatic hydroxyl groups is 1. The summed E-state index contributed by atoms with van der Waals surface area (Å²) >= 11 is 0. The number of rotatable bonds is 5. The van der Waals surface area contributed by atoms with E-state index < -0.39 is 0 Å². The molecule has 0 aliphatic heterocycles. The van der Waals surface area contributed by atoms with Crippen LogP contribution in [0.1, 0.15) is 51.1 Å². The van der Waals surface area contributed by atoms with Gasteiger partial charge in [-0.2, -0.15) is 0 Å². The predicted molar refractivity (Wildman–Crippen MR) is 74.3 cm³/mol. The van der Waals surface area contributed by atoms with Gasteiger partial charge in [0.25, 0.3) is 0 Å². The largest absolute Gasteiger partial charge is 0.393 e. The lowest BCUT2D eigenvalue weighted by atomic mass is 9.75. The van der Waals surface area contributed by atoms with E-state index in [-0.39, 0.29) is 6.10 Å². The zero-order valence-corrected chi connectivity index (χ0v) is 11.4. The first kappa shape index (κ1) is 13.5. The summed E-state index contributed by atoms with van der Waals surface area (Å²) in [7, 11) is 0. The average Bonchev–Trinajstić information content (AvgIpc) is 2.41. The number of nitrogens with zero attached hydrogens (tertiary/aromatic N) is 1. The summed E-state index contributed by atoms with van der Waals surface area (Å²) in [5.74, 6) is 1.32. The lowest BCUT2D eigenvalue weighted by Crippen LogP contribution is -2.29. The lowest BCUT2D eigenvalue weighted by Gasteiger charge is -2.33. The molecule has 0 aromatic carbocycles. The standard InChI is InChI=1S/C16H25NO/c1-2-5-13-7-10-16(18)14(12-13)8-9-15-6-3-4-11-17-15/h3-4,6,11,13-14,16,18H,2,5,7-10,12H2,1H3. The van der Waals surface area contributed by atoms with Crippen molar-refractivity contribution in [2.45, 2.75) is 58.0 Å². The topological polar surface area (TPSA) is 33.1 Å². The van der Waals surface area contributed by atoms with Gasteiger partial charge in [-0.1, -0.05) is 25.8 Å². The molecule has 3 unspecified atom stereocenters. The summed E-state index contributed by atoms with van der Waals surface area (Å²) < 4.78 is 0. The Kier molecular flexibility index (Phi) is 5.18. The molecule has 1 aromatic heterocycles. The molecule has 3 atom stereocenters. The zero-order chi connectivity index (χ0) is 12.8. The van der Waals surface area contributed by atoms with Gasteiger partial charge in [0.05, 0.1) is 6.10 Å². The Morgan fingerprint density at radius 2 is 2.17 bits per heavy atom. The van der Waals surface area contributed by atoms with Crippen molar-refractivity contribution in [3.63, 3.8) is 0 Å². The average molecular weight is 247 g/mol. The minimum absolute atomic E-state index is 0.0816. The van der Waals surface area contributed by atoms with Crippen LogP contribution < -0.4 is 0 Å². The Labute approximate surface area is 110 Å². The molecule has 0 spiro atoms. The summed E-state index contributed by atoms with van der Waals surface area (Å²) in [6, 6.07) is 6.08. The highest BCUT2D eigenvalue weighted by Gasteiger charge is 2.28. The van der Waals surface area contributed by atoms with Crippen molar-refractivity contribution < 1.29 is 5.11 Å². The first-order chi connectivity index (χ1) is 8.79. The minimum Gasteiger partial charge on any atom is -0.393 e. The zero-order valence-electron chi connectivity index (χ0n) is 11.4. The third-order valence-corrected chi connectivity index (χ3v) is 4.25. The number of pyridine rings is 1. The molecule has 2 heteroatoms. The first-order valence-electron chi connectivity index (χ1n) is 7.37. The van der Waals surface area contributed by atoms with Gasteiger partial charge in [0.2, 0.25) is 0 Å². The van der Waals surface area contributed by atoms with E-state index in [0.29, 0.717) is 5.92 Å². The molecule has 0 amide bonds. The van der Waals surface area contributed by atoms with Gasteiger partial charge in [0.15, 0.2) is 0 Å². The molecule has 1 aliphatic rings. The maximum Gasteiger partial charge on any atom is 0.0568 e. The maximum absolute atomic E-state index is 10.1. The Morgan fingerprint density at radius 3 is 2.89 bits per heavy atom. The van der Waals surface area contributed by atoms with Crippen LogP contribution in [0.4, 0.5) is 0 Å². The fraction of sp³-hybridized carbons (Fsp3) is 0.688. The second kappa shape index (κ2) is 6.89. The van der Waals surface area contributed by atoms with E-state index >= 15 is 0 Å². The maximum atomic E-state index is 10.1. The van der Waals surface area contributed by atoms with Gasteiger partial charge >= 0.3 is 0 Å². The van der Waals surface area contributed by atoms with Crippen LogP contribution in [0.2, 0.25) is 0 Å². The quantitative estimate of drug-likeness (QED) is 0.862. The molecule has 2 rings (SSSR count). The van der Waals surface area contributed by atoms with Crippen LogP contribution in [0.5, 0.6) is 0 Å². The van der Waals surface area contributed by atoms with Crippen molar-refractivity contribution in [1.82, 2.24) is 4.98 Å². The fourth-order valence-corrected chi connectivity index (χ4v) is 3.21. The predicted octanol–water partition coefficient (Wildman–Crippen LogP) is 3.59. The smallest absolute Gasteiger partial charge is 0.0568 e. The third-order valence-electron chi connectivity index (χ3n) is 4.25. The molecule has 1 fully saturated rings. The van der Waals surface area contributed by atoms with Crippen LogP contribution >= 0.6 is 0 Å². The van der Waals surface area contributed by atoms with Crippen LogP contribution in [0, 0.1) is 11.8 Å². The van der Waals surface area contributed by atoms with Gasteiger partial charge in [-0.15, -0.1) is 0 Å². The Bertz CT molecular complexity index is 338. The van der Waals surface area contributed by atoms with Crippen molar-refractivity contribution in [3.05, 3.63) is 30.1 Å². The summed E-state index contributed by atoms with van der Waals surface area (Å²) in [6.45, 7) is 2.26. The van der Waals surface area contributed by atoms with E-state index in [9.17, 15) is 5.11 Å². The van der Waals surface area contributed by atoms with Gasteiger partial charge in [-0.25, -0.2) is 0 Å². The molecule has 0 radical (unpaired) electrons. The molecule has 1 aromatic rings. The highest BCUT2D eigenvalue weighted by atomic mass is 16.3. The van der Waals surface area contributed by atoms with Gasteiger partial charge in [0, 0.05) is 11.9 Å². The second-order valence-corrected chi connectivity index (χ2v) is 5.65. The highest BCUT2D eigenvalue weighted by molar-refractivity contribution is 5.03. The number of hydrogen-bond acceptors (Lipinski definition) is 2. The lowest BCUT2D eigenvalue weighted by molar-refractivity contribution is 0.0419. The molecule has 1 aliphatic carbocycles. The molecule has 1 saturated carbocycles. The summed E-state index contributed by atoms with van der Waals surface area (Å²) in [4.78, 5) is 4.36. The number of aryl methyl sites for hydroxylation is 1. The normalized spacial score (nSPS) is 28.2. The van der Waals surface area contributed by atoms with E-state index in [1.54, 1.807) is 0 Å². The van der Waals surface area contributed by atoms with E-state index in [2.05, 4.69) is 18.0 Å². The Balaban J connectivity index is 1.83. The second-order valence-electron chi connectivity index (χ2n) is 5.65. The van der Waals surface area contributed by atoms with Crippen molar-refractivity contribution in [3.8, 4) is 0 Å². The molecule has 1 N–H and O–H groups in total. The van der Waals surface area contributed by atoms with E-state index in [4.69, 9.17) is 0 Å². The monoisotopic (exact) mass is 247 g/mol. The highest BCUT2D eigenvalue weighted by Crippen LogP contribution is 2.34. The molecular formula is C16H25NO. The molecule has 100 valence electrons. The van der Waals surface area contributed by atoms with E-state index in [1.165, 1.54) is 25.7 Å². The van der Waals surface area contributed by atoms with E-state index in [0.717, 1.165) is 30.9 Å². The molecule has 2 nitrogen and oxygen atoms in total. The van der Waals surface area contributed by atoms with Crippen LogP contribution in [-0.4, -0.2) is 16.2 Å². The Morgan fingerprint density at radius 1 is 1.28 bits per heavy atom. The van der Waals surface area contributed by atoms with Crippen molar-refractivity contribution in [2.75, 3.05) is 0 Å². The van der Waals surface area contributed by atoms with E-state index in [1.807, 2.05) is 18.3 Å². The third kappa shape index (κ3) is 3.81. The van der Waals surface area contributed by atoms with Gasteiger partial charge < -0.3 is 5.11 Å². The van der Waals surface area contributed by atoms with Crippen molar-refractivity contribution >= 4 is 0 Å². The molecule has 1 heterocycles. The summed E-state index contributed by atoms with van der Waals surface area (Å²) in [6.07, 6.45) is 9.88. The number of aliphatic hydroxyl groups excluding tert-OH is 1.